The molecule has 0 bridgehead atoms. The van der Waals surface area contributed by atoms with E-state index in [0.717, 1.165) is 47.2 Å². The molecule has 4 aliphatic rings. The third kappa shape index (κ3) is 20.4. The minimum Gasteiger partial charge on any atom is -0.397 e. The standard InChI is InChI=1S/C23H28N4O2.C22H28N4O3.C21H26N4O3.C13H18N4O5.C2H5BF.C2H6O.C2H4.BBr3.F2/c1-5-19-16(3)22(4,28-14-17-10-8-7-9-11-17)23(6-2,29-19)20-13-12-18-21(24)25-15-26-27(18)20;1-4-18-15(2)21(3,28-12-16-8-6-5-7-9-16)22(13-27,29-18)19-11-10-17-20(23)24-14-25-26(17)19;1-4-17-14(2)20(3,27-12-15-8-6-5-7-9-15)21(26,28-17)18-11-10-16-19(22)23-13-24-25(16)18;1-12(21)10(20)8(4-18)22-13(12,5-19)9-3-2-7-11(14)15-6-16-17(7)9;1-2-3-4;1-2-3;1-2;2-1(3)4;1-2/h6-13,15-16,19H,2,5,14H2,1,3-4H3,(H2,24,25,26);5-11,14-15,18,27H,4,12-13H2,1-3H3,(H2,23,24,25);5-11,13-14,17,26H,4,12H2,1-3H3,(H2,22,23,24);2-3,6,8,10,18-21H,4-5H2,1H3,(H2,14,15,16);2H2,1H3;3H,2H2,1H3;1-2H2;;/t16-,19-,22-,23+;15-,18-,21-,22+;14-,17-,20-,21+;8-,10-,12-,13+;;;;;/m1111...../s1. The van der Waals surface area contributed by atoms with Gasteiger partial charge >= 0.3 is 10.7 Å². The maximum absolute atomic E-state index is 11.8. The molecule has 0 saturated carbocycles. The van der Waals surface area contributed by atoms with Crippen LogP contribution in [0.15, 0.2) is 191 Å². The maximum atomic E-state index is 11.8. The van der Waals surface area contributed by atoms with Gasteiger partial charge in [0.1, 0.15) is 87.7 Å². The molecule has 8 aromatic heterocycles. The summed E-state index contributed by atoms with van der Waals surface area (Å²) in [4.78, 5) is 16.1. The summed E-state index contributed by atoms with van der Waals surface area (Å²) in [5.74, 6) is -0.168. The molecular formula is C85H115B2Br3F3N16O14. The first-order valence-corrected chi connectivity index (χ1v) is 42.8. The van der Waals surface area contributed by atoms with Gasteiger partial charge in [0.15, 0.2) is 40.1 Å². The van der Waals surface area contributed by atoms with Crippen LogP contribution in [0.1, 0.15) is 142 Å². The number of aliphatic hydroxyl groups excluding tert-OH is 5. The van der Waals surface area contributed by atoms with Crippen molar-refractivity contribution in [2.45, 2.75) is 204 Å². The number of ether oxygens (including phenoxy) is 7. The average molecular weight is 1900 g/mol. The smallest absolute Gasteiger partial charge is 0.369 e. The van der Waals surface area contributed by atoms with Crippen LogP contribution in [0.2, 0.25) is 6.32 Å². The highest BCUT2D eigenvalue weighted by atomic mass is 79.9. The van der Waals surface area contributed by atoms with Crippen molar-refractivity contribution in [2.24, 2.45) is 17.8 Å². The Hall–Kier alpha value is -8.38. The highest BCUT2D eigenvalue weighted by molar-refractivity contribution is 9.69. The summed E-state index contributed by atoms with van der Waals surface area (Å²) in [6.45, 7) is 33.7. The van der Waals surface area contributed by atoms with E-state index in [0.29, 0.717) is 84.8 Å². The van der Waals surface area contributed by atoms with Crippen molar-refractivity contribution in [1.29, 1.82) is 0 Å². The molecule has 38 heteroatoms. The third-order valence-electron chi connectivity index (χ3n) is 23.5. The van der Waals surface area contributed by atoms with E-state index in [1.807, 2.05) is 130 Å². The van der Waals surface area contributed by atoms with Gasteiger partial charge in [-0.2, -0.15) is 20.4 Å². The number of halogens is 6. The fourth-order valence-electron chi connectivity index (χ4n) is 16.2. The van der Waals surface area contributed by atoms with Gasteiger partial charge in [0.25, 0.3) is 0 Å². The number of hydrogen-bond donors (Lipinski definition) is 11. The highest BCUT2D eigenvalue weighted by Gasteiger charge is 2.67. The SMILES string of the molecule is BrB(Br)Br.C=C.C=C[C@@]1(c2ccc3c(N)ncnn23)O[C@H](CC)[C@@H](C)[C@@]1(C)OCc1ccccc1.CCO.CC[B]F.CC[C@H]1O[C@@](CO)(c2ccc3c(N)ncnn23)[C@](C)(OCc2ccccc2)[C@@H]1C.CC[C@H]1O[C@@](O)(c2ccc3c(N)ncnn23)[C@](C)(OCc2ccccc2)[C@@H]1C.C[C@@]1(O)[C@H](O)[C@@H](CO)O[C@@]1(CO)c1ccc2c(N)ncnn12.FF. The number of nitrogen functional groups attached to an aromatic ring is 4. The van der Waals surface area contributed by atoms with Gasteiger partial charge in [-0.3, -0.25) is 0 Å². The first-order chi connectivity index (χ1) is 58.8. The zero-order valence-electron chi connectivity index (χ0n) is 71.3. The Morgan fingerprint density at radius 3 is 1.13 bits per heavy atom. The van der Waals surface area contributed by atoms with Crippen LogP contribution in [0.5, 0.6) is 0 Å². The lowest BCUT2D eigenvalue weighted by atomic mass is 9.74. The van der Waals surface area contributed by atoms with Crippen molar-refractivity contribution in [1.82, 2.24) is 58.4 Å². The first kappa shape index (κ1) is 102. The van der Waals surface area contributed by atoms with Gasteiger partial charge in [-0.1, -0.05) is 152 Å². The van der Waals surface area contributed by atoms with Gasteiger partial charge in [-0.05, 0) is 125 Å². The Labute approximate surface area is 740 Å². The normalized spacial score (nSPS) is 27.7. The second-order valence-electron chi connectivity index (χ2n) is 30.0. The van der Waals surface area contributed by atoms with Crippen LogP contribution in [0.3, 0.4) is 0 Å². The molecule has 3 aromatic carbocycles. The van der Waals surface area contributed by atoms with Crippen molar-refractivity contribution in [3.63, 3.8) is 0 Å². The van der Waals surface area contributed by atoms with Crippen molar-refractivity contribution < 1.29 is 82.4 Å². The van der Waals surface area contributed by atoms with Gasteiger partial charge in [-0.25, -0.2) is 38.0 Å². The first-order valence-electron chi connectivity index (χ1n) is 40.1. The second kappa shape index (κ2) is 45.2. The van der Waals surface area contributed by atoms with Crippen molar-refractivity contribution in [3.05, 3.63) is 230 Å². The fraction of sp³-hybridized carbons (Fsp3) is 0.459. The number of aliphatic hydroxyl groups is 7. The lowest BCUT2D eigenvalue weighted by Gasteiger charge is -2.42. The van der Waals surface area contributed by atoms with Crippen LogP contribution < -0.4 is 22.9 Å². The quantitative estimate of drug-likeness (QED) is 0.0235. The summed E-state index contributed by atoms with van der Waals surface area (Å²) in [6, 6.07) is 44.5. The van der Waals surface area contributed by atoms with Crippen LogP contribution in [0.25, 0.3) is 22.1 Å². The lowest BCUT2D eigenvalue weighted by Crippen LogP contribution is -2.55. The molecule has 11 aromatic rings. The largest absolute Gasteiger partial charge is 0.397 e. The number of benzene rings is 3. The van der Waals surface area contributed by atoms with E-state index in [1.54, 1.807) is 51.7 Å². The maximum Gasteiger partial charge on any atom is 0.369 e. The summed E-state index contributed by atoms with van der Waals surface area (Å²) < 4.78 is 78.0. The molecule has 1 radical (unpaired) electrons. The van der Waals surface area contributed by atoms with Gasteiger partial charge in [0.05, 0.1) is 75.0 Å². The van der Waals surface area contributed by atoms with Crippen molar-refractivity contribution in [3.8, 4) is 0 Å². The van der Waals surface area contributed by atoms with Gasteiger partial charge in [0, 0.05) is 33.5 Å². The van der Waals surface area contributed by atoms with E-state index >= 15 is 0 Å². The molecule has 667 valence electrons. The molecule has 15 N–H and O–H groups in total. The zero-order valence-corrected chi connectivity index (χ0v) is 76.0. The summed E-state index contributed by atoms with van der Waals surface area (Å²) >= 11 is 9.31. The number of rotatable bonds is 21. The van der Waals surface area contributed by atoms with E-state index in [-0.39, 0.29) is 58.3 Å². The van der Waals surface area contributed by atoms with Gasteiger partial charge in [-0.15, -0.1) is 60.4 Å². The molecule has 0 spiro atoms. The molecule has 4 saturated heterocycles. The number of nitrogens with two attached hydrogens (primary N) is 4. The van der Waals surface area contributed by atoms with E-state index in [9.17, 15) is 35.0 Å². The molecule has 123 heavy (non-hydrogen) atoms. The highest BCUT2D eigenvalue weighted by Crippen LogP contribution is 2.57. The fourth-order valence-corrected chi connectivity index (χ4v) is 16.2. The van der Waals surface area contributed by atoms with E-state index in [1.165, 1.54) is 36.7 Å². The van der Waals surface area contributed by atoms with Crippen LogP contribution >= 0.6 is 47.3 Å². The number of anilines is 4. The number of hydrogen-bond acceptors (Lipinski definition) is 26. The Balaban J connectivity index is 0.000000214. The van der Waals surface area contributed by atoms with Gasteiger partial charge in [0.2, 0.25) is 5.79 Å². The molecule has 4 fully saturated rings. The average Bonchev–Trinajstić information content (AvgIpc) is 1.58. The summed E-state index contributed by atoms with van der Waals surface area (Å²) in [6.07, 6.45) is 7.69. The zero-order chi connectivity index (χ0) is 91.1. The van der Waals surface area contributed by atoms with E-state index in [2.05, 4.69) is 161 Å². The van der Waals surface area contributed by atoms with Crippen LogP contribution in [-0.4, -0.2) is 184 Å². The Morgan fingerprint density at radius 2 is 0.780 bits per heavy atom. The van der Waals surface area contributed by atoms with E-state index < -0.39 is 70.4 Å². The van der Waals surface area contributed by atoms with Crippen molar-refractivity contribution in [2.75, 3.05) is 49.4 Å². The van der Waals surface area contributed by atoms with Crippen molar-refractivity contribution >= 4 is 103 Å². The number of nitrogens with zero attached hydrogens (tertiary/aromatic N) is 12. The molecule has 0 unspecified atom stereocenters. The van der Waals surface area contributed by atoms with Crippen LogP contribution in [-0.2, 0) is 75.6 Å². The minimum atomic E-state index is -1.84. The summed E-state index contributed by atoms with van der Waals surface area (Å²) in [7, 11) is 0.625. The Kier molecular flexibility index (Phi) is 37.3. The molecule has 12 heterocycles. The second-order valence-corrected chi connectivity index (χ2v) is 36.4. The molecule has 0 amide bonds. The summed E-state index contributed by atoms with van der Waals surface area (Å²) in [5, 5.41) is 87.4. The van der Waals surface area contributed by atoms with Crippen LogP contribution in [0.4, 0.5) is 36.7 Å². The number of aromatic nitrogens is 12. The predicted molar refractivity (Wildman–Crippen MR) is 479 cm³/mol. The lowest BCUT2D eigenvalue weighted by molar-refractivity contribution is -0.288. The summed E-state index contributed by atoms with van der Waals surface area (Å²) in [5.41, 5.74) is 24.0. The molecule has 0 aliphatic carbocycles. The minimum absolute atomic E-state index is 0.0264. The Bertz CT molecular complexity index is 5090. The van der Waals surface area contributed by atoms with Gasteiger partial charge < -0.3 is 96.2 Å². The van der Waals surface area contributed by atoms with Crippen LogP contribution in [0, 0.1) is 17.8 Å². The molecule has 30 nitrogen and oxygen atoms in total. The topological polar surface area (TPSA) is 431 Å². The molecular weight excluding hydrogens is 1790 g/mol. The number of fused-ring (bicyclic) bond motifs is 4. The molecule has 16 atom stereocenters. The predicted octanol–water partition coefficient (Wildman–Crippen LogP) is 12.7. The molecule has 4 aliphatic heterocycles. The van der Waals surface area contributed by atoms with E-state index in [4.69, 9.17) is 70.3 Å². The molecule has 15 rings (SSSR count). The third-order valence-corrected chi connectivity index (χ3v) is 23.5. The monoisotopic (exact) mass is 1900 g/mol. The Morgan fingerprint density at radius 1 is 0.480 bits per heavy atom.